The molecule has 0 radical (unpaired) electrons. The van der Waals surface area contributed by atoms with Crippen molar-refractivity contribution >= 4 is 5.91 Å². The zero-order valence-electron chi connectivity index (χ0n) is 15.9. The highest BCUT2D eigenvalue weighted by molar-refractivity contribution is 5.77. The van der Waals surface area contributed by atoms with Gasteiger partial charge in [0.05, 0.1) is 7.11 Å². The standard InChI is InChI=1S/C21H23N3O3/c1-13-18(14(2)23-21(26)19(13)11-22)6-7-20(25)24-9-8-15-4-5-17(27-3)10-16(15)12-24/h4-5,10H,6-9,12H2,1-3H3,(H,23,26). The number of hydrogen-bond acceptors (Lipinski definition) is 4. The van der Waals surface area contributed by atoms with E-state index in [0.29, 0.717) is 31.5 Å². The molecule has 0 saturated carbocycles. The lowest BCUT2D eigenvalue weighted by Gasteiger charge is -2.29. The normalized spacial score (nSPS) is 13.0. The van der Waals surface area contributed by atoms with Gasteiger partial charge in [-0.25, -0.2) is 0 Å². The van der Waals surface area contributed by atoms with Gasteiger partial charge >= 0.3 is 0 Å². The van der Waals surface area contributed by atoms with E-state index < -0.39 is 0 Å². The summed E-state index contributed by atoms with van der Waals surface area (Å²) in [5.74, 6) is 0.874. The lowest BCUT2D eigenvalue weighted by molar-refractivity contribution is -0.132. The van der Waals surface area contributed by atoms with Gasteiger partial charge in [-0.05, 0) is 61.1 Å². The first-order valence-electron chi connectivity index (χ1n) is 9.00. The van der Waals surface area contributed by atoms with Gasteiger partial charge in [-0.2, -0.15) is 5.26 Å². The fraction of sp³-hybridized carbons (Fsp3) is 0.381. The molecule has 2 heterocycles. The predicted molar refractivity (Wildman–Crippen MR) is 102 cm³/mol. The van der Waals surface area contributed by atoms with Crippen molar-refractivity contribution in [1.82, 2.24) is 9.88 Å². The first-order chi connectivity index (χ1) is 12.9. The van der Waals surface area contributed by atoms with Crippen molar-refractivity contribution < 1.29 is 9.53 Å². The summed E-state index contributed by atoms with van der Waals surface area (Å²) in [6.45, 7) is 4.85. The summed E-state index contributed by atoms with van der Waals surface area (Å²) in [7, 11) is 1.64. The van der Waals surface area contributed by atoms with Crippen LogP contribution in [0, 0.1) is 25.2 Å². The number of rotatable bonds is 4. The Hall–Kier alpha value is -3.07. The number of carbonyl (C=O) groups is 1. The van der Waals surface area contributed by atoms with Crippen LogP contribution in [0.25, 0.3) is 0 Å². The van der Waals surface area contributed by atoms with Gasteiger partial charge in [0.1, 0.15) is 17.4 Å². The fourth-order valence-electron chi connectivity index (χ4n) is 3.68. The van der Waals surface area contributed by atoms with E-state index in [9.17, 15) is 14.9 Å². The molecule has 1 amide bonds. The molecule has 0 unspecified atom stereocenters. The molecule has 0 atom stereocenters. The number of benzene rings is 1. The molecule has 1 N–H and O–H groups in total. The van der Waals surface area contributed by atoms with Crippen molar-refractivity contribution in [2.24, 2.45) is 0 Å². The maximum absolute atomic E-state index is 12.7. The van der Waals surface area contributed by atoms with Crippen LogP contribution in [0.5, 0.6) is 5.75 Å². The minimum absolute atomic E-state index is 0.0759. The number of fused-ring (bicyclic) bond motifs is 1. The summed E-state index contributed by atoms with van der Waals surface area (Å²) in [6.07, 6.45) is 1.68. The first-order valence-corrected chi connectivity index (χ1v) is 9.00. The molecule has 2 aromatic rings. The lowest BCUT2D eigenvalue weighted by Crippen LogP contribution is -2.36. The van der Waals surface area contributed by atoms with Crippen molar-refractivity contribution in [3.8, 4) is 11.8 Å². The van der Waals surface area contributed by atoms with E-state index in [1.807, 2.05) is 23.1 Å². The van der Waals surface area contributed by atoms with Crippen LogP contribution in [-0.4, -0.2) is 29.4 Å². The molecule has 1 aromatic heterocycles. The van der Waals surface area contributed by atoms with Crippen LogP contribution < -0.4 is 10.3 Å². The van der Waals surface area contributed by atoms with Crippen molar-refractivity contribution in [2.75, 3.05) is 13.7 Å². The van der Waals surface area contributed by atoms with Crippen LogP contribution in [-0.2, 0) is 24.2 Å². The monoisotopic (exact) mass is 365 g/mol. The number of aromatic amines is 1. The van der Waals surface area contributed by atoms with Crippen LogP contribution >= 0.6 is 0 Å². The Kier molecular flexibility index (Phi) is 5.31. The number of methoxy groups -OCH3 is 1. The van der Waals surface area contributed by atoms with E-state index in [4.69, 9.17) is 4.74 Å². The van der Waals surface area contributed by atoms with Crippen molar-refractivity contribution in [2.45, 2.75) is 39.7 Å². The number of aromatic nitrogens is 1. The van der Waals surface area contributed by atoms with E-state index in [-0.39, 0.29) is 17.0 Å². The molecule has 6 heteroatoms. The predicted octanol–water partition coefficient (Wildman–Crippen LogP) is 2.39. The molecule has 140 valence electrons. The molecular weight excluding hydrogens is 342 g/mol. The summed E-state index contributed by atoms with van der Waals surface area (Å²) in [5, 5.41) is 9.18. The van der Waals surface area contributed by atoms with Gasteiger partial charge in [-0.15, -0.1) is 0 Å². The maximum atomic E-state index is 12.7. The molecule has 0 bridgehead atoms. The largest absolute Gasteiger partial charge is 0.497 e. The topological polar surface area (TPSA) is 86.2 Å². The van der Waals surface area contributed by atoms with Crippen LogP contribution in [0.15, 0.2) is 23.0 Å². The molecule has 27 heavy (non-hydrogen) atoms. The second kappa shape index (κ2) is 7.67. The first kappa shape index (κ1) is 18.7. The Morgan fingerprint density at radius 3 is 2.81 bits per heavy atom. The molecule has 1 aromatic carbocycles. The molecule has 0 spiro atoms. The summed E-state index contributed by atoms with van der Waals surface area (Å²) < 4.78 is 5.28. The Morgan fingerprint density at radius 2 is 2.11 bits per heavy atom. The number of ether oxygens (including phenoxy) is 1. The van der Waals surface area contributed by atoms with Gasteiger partial charge in [0.2, 0.25) is 5.91 Å². The number of H-pyrrole nitrogens is 1. The number of pyridine rings is 1. The summed E-state index contributed by atoms with van der Waals surface area (Å²) in [4.78, 5) is 29.1. The highest BCUT2D eigenvalue weighted by Crippen LogP contribution is 2.24. The van der Waals surface area contributed by atoms with Crippen molar-refractivity contribution in [1.29, 1.82) is 5.26 Å². The van der Waals surface area contributed by atoms with Crippen molar-refractivity contribution in [3.63, 3.8) is 0 Å². The average molecular weight is 365 g/mol. The van der Waals surface area contributed by atoms with Crippen LogP contribution in [0.3, 0.4) is 0 Å². The highest BCUT2D eigenvalue weighted by atomic mass is 16.5. The molecule has 6 nitrogen and oxygen atoms in total. The Labute approximate surface area is 158 Å². The maximum Gasteiger partial charge on any atom is 0.266 e. The zero-order valence-corrected chi connectivity index (χ0v) is 15.9. The fourth-order valence-corrected chi connectivity index (χ4v) is 3.68. The number of carbonyl (C=O) groups excluding carboxylic acids is 1. The molecule has 0 saturated heterocycles. The number of hydrogen-bond donors (Lipinski definition) is 1. The number of aryl methyl sites for hydroxylation is 1. The third-order valence-electron chi connectivity index (χ3n) is 5.29. The summed E-state index contributed by atoms with van der Waals surface area (Å²) in [6, 6.07) is 7.95. The zero-order chi connectivity index (χ0) is 19.6. The van der Waals surface area contributed by atoms with Crippen LogP contribution in [0.1, 0.15) is 39.9 Å². The van der Waals surface area contributed by atoms with Crippen LogP contribution in [0.4, 0.5) is 0 Å². The van der Waals surface area contributed by atoms with E-state index in [2.05, 4.69) is 11.1 Å². The molecule has 0 fully saturated rings. The lowest BCUT2D eigenvalue weighted by atomic mass is 9.97. The minimum Gasteiger partial charge on any atom is -0.497 e. The second-order valence-electron chi connectivity index (χ2n) is 6.87. The van der Waals surface area contributed by atoms with E-state index >= 15 is 0 Å². The number of amides is 1. The Balaban J connectivity index is 1.72. The Bertz CT molecular complexity index is 985. The summed E-state index contributed by atoms with van der Waals surface area (Å²) >= 11 is 0. The van der Waals surface area contributed by atoms with Crippen molar-refractivity contribution in [3.05, 3.63) is 62.1 Å². The average Bonchev–Trinajstić information content (AvgIpc) is 2.66. The molecular formula is C21H23N3O3. The van der Waals surface area contributed by atoms with E-state index in [1.165, 1.54) is 5.56 Å². The Morgan fingerprint density at radius 1 is 1.33 bits per heavy atom. The number of nitriles is 1. The SMILES string of the molecule is COc1ccc2c(c1)CN(C(=O)CCc1c(C)[nH]c(=O)c(C#N)c1C)CC2. The third-order valence-corrected chi connectivity index (χ3v) is 5.29. The minimum atomic E-state index is -0.371. The van der Waals surface area contributed by atoms with E-state index in [0.717, 1.165) is 29.0 Å². The van der Waals surface area contributed by atoms with Gasteiger partial charge in [-0.1, -0.05) is 6.07 Å². The number of nitrogens with one attached hydrogen (secondary N) is 1. The second-order valence-corrected chi connectivity index (χ2v) is 6.87. The van der Waals surface area contributed by atoms with E-state index in [1.54, 1.807) is 21.0 Å². The molecule has 0 aliphatic carbocycles. The van der Waals surface area contributed by atoms with Gasteiger partial charge in [-0.3, -0.25) is 9.59 Å². The van der Waals surface area contributed by atoms with Gasteiger partial charge in [0.15, 0.2) is 0 Å². The van der Waals surface area contributed by atoms with Gasteiger partial charge in [0, 0.05) is 25.2 Å². The quantitative estimate of drug-likeness (QED) is 0.901. The van der Waals surface area contributed by atoms with Gasteiger partial charge < -0.3 is 14.6 Å². The van der Waals surface area contributed by atoms with Crippen LogP contribution in [0.2, 0.25) is 0 Å². The molecule has 3 rings (SSSR count). The molecule has 1 aliphatic heterocycles. The third kappa shape index (κ3) is 3.72. The highest BCUT2D eigenvalue weighted by Gasteiger charge is 2.22. The van der Waals surface area contributed by atoms with Gasteiger partial charge in [0.25, 0.3) is 5.56 Å². The summed E-state index contributed by atoms with van der Waals surface area (Å²) in [5.41, 5.74) is 4.39. The smallest absolute Gasteiger partial charge is 0.266 e. The number of nitrogens with zero attached hydrogens (tertiary/aromatic N) is 2. The molecule has 1 aliphatic rings.